The van der Waals surface area contributed by atoms with Crippen molar-refractivity contribution >= 4 is 37.6 Å². The average Bonchev–Trinajstić information content (AvgIpc) is 2.43. The van der Waals surface area contributed by atoms with Gasteiger partial charge >= 0.3 is 5.97 Å². The Morgan fingerprint density at radius 3 is 2.55 bits per heavy atom. The summed E-state index contributed by atoms with van der Waals surface area (Å²) in [4.78, 5) is 11.0. The fourth-order valence-corrected chi connectivity index (χ4v) is 3.71. The SMILES string of the molecule is Cc1ccc(Br)cc1S(=O)(=O)Nc1cccc(C(=O)O)c1O. The monoisotopic (exact) mass is 385 g/mol. The summed E-state index contributed by atoms with van der Waals surface area (Å²) >= 11 is 3.20. The number of hydrogen-bond acceptors (Lipinski definition) is 4. The molecule has 8 heteroatoms. The molecule has 0 saturated carbocycles. The Morgan fingerprint density at radius 1 is 1.23 bits per heavy atom. The maximum absolute atomic E-state index is 12.4. The van der Waals surface area contributed by atoms with Gasteiger partial charge < -0.3 is 10.2 Å². The number of rotatable bonds is 4. The van der Waals surface area contributed by atoms with Crippen molar-refractivity contribution in [3.8, 4) is 5.75 Å². The van der Waals surface area contributed by atoms with Gasteiger partial charge in [-0.15, -0.1) is 0 Å². The van der Waals surface area contributed by atoms with E-state index >= 15 is 0 Å². The van der Waals surface area contributed by atoms with E-state index in [9.17, 15) is 18.3 Å². The van der Waals surface area contributed by atoms with Gasteiger partial charge in [-0.2, -0.15) is 0 Å². The molecule has 0 radical (unpaired) electrons. The highest BCUT2D eigenvalue weighted by Gasteiger charge is 2.21. The molecule has 0 fully saturated rings. The number of benzene rings is 2. The van der Waals surface area contributed by atoms with E-state index in [-0.39, 0.29) is 16.1 Å². The Bertz CT molecular complexity index is 848. The van der Waals surface area contributed by atoms with E-state index in [0.29, 0.717) is 10.0 Å². The van der Waals surface area contributed by atoms with Crippen LogP contribution in [0.4, 0.5) is 5.69 Å². The van der Waals surface area contributed by atoms with Gasteiger partial charge in [0.25, 0.3) is 10.0 Å². The number of hydrogen-bond donors (Lipinski definition) is 3. The highest BCUT2D eigenvalue weighted by molar-refractivity contribution is 9.10. The number of aromatic carboxylic acids is 1. The van der Waals surface area contributed by atoms with Crippen LogP contribution >= 0.6 is 15.9 Å². The lowest BCUT2D eigenvalue weighted by Crippen LogP contribution is -2.15. The molecular weight excluding hydrogens is 374 g/mol. The van der Waals surface area contributed by atoms with E-state index in [1.165, 1.54) is 24.3 Å². The van der Waals surface area contributed by atoms with Crippen LogP contribution in [0.1, 0.15) is 15.9 Å². The summed E-state index contributed by atoms with van der Waals surface area (Å²) in [6.45, 7) is 1.63. The van der Waals surface area contributed by atoms with Crippen LogP contribution in [0.3, 0.4) is 0 Å². The molecule has 6 nitrogen and oxygen atoms in total. The normalized spacial score (nSPS) is 11.2. The number of carboxylic acids is 1. The maximum atomic E-state index is 12.4. The largest absolute Gasteiger partial charge is 0.505 e. The third-order valence-electron chi connectivity index (χ3n) is 2.95. The molecule has 0 amide bonds. The second-order valence-corrected chi connectivity index (χ2v) is 7.09. The van der Waals surface area contributed by atoms with Gasteiger partial charge in [0.2, 0.25) is 0 Å². The third kappa shape index (κ3) is 3.23. The highest BCUT2D eigenvalue weighted by atomic mass is 79.9. The summed E-state index contributed by atoms with van der Waals surface area (Å²) < 4.78 is 27.6. The fraction of sp³-hybridized carbons (Fsp3) is 0.0714. The number of para-hydroxylation sites is 1. The second-order valence-electron chi connectivity index (χ2n) is 4.52. The van der Waals surface area contributed by atoms with Gasteiger partial charge in [0.1, 0.15) is 5.56 Å². The Kier molecular flexibility index (Phi) is 4.43. The van der Waals surface area contributed by atoms with E-state index in [0.717, 1.165) is 0 Å². The summed E-state index contributed by atoms with van der Waals surface area (Å²) in [7, 11) is -3.96. The van der Waals surface area contributed by atoms with Gasteiger partial charge in [0, 0.05) is 4.47 Å². The average molecular weight is 386 g/mol. The van der Waals surface area contributed by atoms with Crippen molar-refractivity contribution in [2.24, 2.45) is 0 Å². The summed E-state index contributed by atoms with van der Waals surface area (Å²) in [6, 6.07) is 8.57. The molecule has 0 aliphatic carbocycles. The van der Waals surface area contributed by atoms with E-state index in [4.69, 9.17) is 5.11 Å². The molecule has 0 aliphatic rings. The van der Waals surface area contributed by atoms with Crippen molar-refractivity contribution in [1.82, 2.24) is 0 Å². The lowest BCUT2D eigenvalue weighted by atomic mass is 10.2. The number of nitrogens with one attached hydrogen (secondary N) is 1. The van der Waals surface area contributed by atoms with Gasteiger partial charge in [-0.05, 0) is 36.8 Å². The minimum atomic E-state index is -3.96. The molecule has 0 aliphatic heterocycles. The minimum absolute atomic E-state index is 0.0296. The number of aryl methyl sites for hydroxylation is 1. The molecule has 0 bridgehead atoms. The molecule has 2 rings (SSSR count). The van der Waals surface area contributed by atoms with Crippen LogP contribution < -0.4 is 4.72 Å². The minimum Gasteiger partial charge on any atom is -0.505 e. The van der Waals surface area contributed by atoms with E-state index < -0.39 is 21.7 Å². The van der Waals surface area contributed by atoms with Gasteiger partial charge in [-0.1, -0.05) is 28.1 Å². The molecule has 0 unspecified atom stereocenters. The zero-order valence-electron chi connectivity index (χ0n) is 11.4. The lowest BCUT2D eigenvalue weighted by Gasteiger charge is -2.12. The smallest absolute Gasteiger partial charge is 0.339 e. The van der Waals surface area contributed by atoms with Crippen molar-refractivity contribution in [2.75, 3.05) is 4.72 Å². The number of carboxylic acid groups (broad SMARTS) is 1. The van der Waals surface area contributed by atoms with Gasteiger partial charge in [0.15, 0.2) is 5.75 Å². The molecule has 0 heterocycles. The summed E-state index contributed by atoms with van der Waals surface area (Å²) in [5.74, 6) is -1.98. The molecule has 2 aromatic carbocycles. The van der Waals surface area contributed by atoms with Crippen LogP contribution in [0.15, 0.2) is 45.8 Å². The van der Waals surface area contributed by atoms with Gasteiger partial charge in [-0.25, -0.2) is 13.2 Å². The number of carbonyl (C=O) groups is 1. The first-order chi connectivity index (χ1) is 10.2. The Morgan fingerprint density at radius 2 is 1.91 bits per heavy atom. The zero-order chi connectivity index (χ0) is 16.5. The number of aromatic hydroxyl groups is 1. The van der Waals surface area contributed by atoms with Crippen LogP contribution in [-0.2, 0) is 10.0 Å². The predicted octanol–water partition coefficient (Wildman–Crippen LogP) is 2.96. The molecule has 116 valence electrons. The Balaban J connectivity index is 2.48. The van der Waals surface area contributed by atoms with Gasteiger partial charge in [0.05, 0.1) is 10.6 Å². The molecule has 0 aromatic heterocycles. The molecule has 2 aromatic rings. The van der Waals surface area contributed by atoms with Crippen molar-refractivity contribution in [3.63, 3.8) is 0 Å². The Labute approximate surface area is 135 Å². The molecule has 0 spiro atoms. The lowest BCUT2D eigenvalue weighted by molar-refractivity contribution is 0.0694. The molecule has 0 saturated heterocycles. The first-order valence-corrected chi connectivity index (χ1v) is 8.34. The summed E-state index contributed by atoms with van der Waals surface area (Å²) in [6.07, 6.45) is 0. The second kappa shape index (κ2) is 5.98. The zero-order valence-corrected chi connectivity index (χ0v) is 13.8. The molecule has 0 atom stereocenters. The van der Waals surface area contributed by atoms with Crippen molar-refractivity contribution < 1.29 is 23.4 Å². The predicted molar refractivity (Wildman–Crippen MR) is 84.8 cm³/mol. The van der Waals surface area contributed by atoms with Crippen molar-refractivity contribution in [2.45, 2.75) is 11.8 Å². The number of anilines is 1. The van der Waals surface area contributed by atoms with Crippen molar-refractivity contribution in [1.29, 1.82) is 0 Å². The number of halogens is 1. The standard InChI is InChI=1S/C14H12BrNO5S/c1-8-5-6-9(15)7-12(8)22(20,21)16-11-4-2-3-10(13(11)17)14(18)19/h2-7,16-17H,1H3,(H,18,19). The fourth-order valence-electron chi connectivity index (χ4n) is 1.86. The van der Waals surface area contributed by atoms with E-state index in [1.54, 1.807) is 19.1 Å². The topological polar surface area (TPSA) is 104 Å². The Hall–Kier alpha value is -2.06. The van der Waals surface area contributed by atoms with E-state index in [2.05, 4.69) is 20.7 Å². The first-order valence-electron chi connectivity index (χ1n) is 6.06. The first kappa shape index (κ1) is 16.3. The van der Waals surface area contributed by atoms with Crippen molar-refractivity contribution in [3.05, 3.63) is 52.0 Å². The van der Waals surface area contributed by atoms with Crippen LogP contribution in [0, 0.1) is 6.92 Å². The summed E-state index contributed by atoms with van der Waals surface area (Å²) in [5.41, 5.74) is -0.0602. The van der Waals surface area contributed by atoms with E-state index in [1.807, 2.05) is 0 Å². The molecule has 22 heavy (non-hydrogen) atoms. The van der Waals surface area contributed by atoms with Gasteiger partial charge in [-0.3, -0.25) is 4.72 Å². The quantitative estimate of drug-likeness (QED) is 0.701. The maximum Gasteiger partial charge on any atom is 0.339 e. The number of sulfonamides is 1. The highest BCUT2D eigenvalue weighted by Crippen LogP contribution is 2.30. The van der Waals surface area contributed by atoms with Crippen LogP contribution in [0.2, 0.25) is 0 Å². The van der Waals surface area contributed by atoms with Crippen LogP contribution in [-0.4, -0.2) is 24.6 Å². The molecular formula is C14H12BrNO5S. The van der Waals surface area contributed by atoms with Crippen LogP contribution in [0.5, 0.6) is 5.75 Å². The number of phenols is 1. The summed E-state index contributed by atoms with van der Waals surface area (Å²) in [5, 5.41) is 18.8. The van der Waals surface area contributed by atoms with Crippen LogP contribution in [0.25, 0.3) is 0 Å². The third-order valence-corrected chi connectivity index (χ3v) is 4.95. The molecule has 3 N–H and O–H groups in total.